The quantitative estimate of drug-likeness (QED) is 0.0289. The summed E-state index contributed by atoms with van der Waals surface area (Å²) in [5.41, 5.74) is 7.64. The number of thiazole rings is 2. The van der Waals surface area contributed by atoms with Gasteiger partial charge in [-0.15, -0.1) is 21.5 Å². The highest BCUT2D eigenvalue weighted by Crippen LogP contribution is 2.60. The molecule has 7 aromatic rings. The first-order chi connectivity index (χ1) is 40.5. The fraction of sp³-hybridized carbons (Fsp3) is 0.500. The Morgan fingerprint density at radius 1 is 0.894 bits per heavy atom. The second kappa shape index (κ2) is 24.2. The highest BCUT2D eigenvalue weighted by Gasteiger charge is 2.51. The zero-order valence-electron chi connectivity index (χ0n) is 49.5. The lowest BCUT2D eigenvalue weighted by Crippen LogP contribution is -2.58. The Bertz CT molecular complexity index is 3660. The number of para-hydroxylation sites is 1. The monoisotopic (exact) mass is 1210 g/mol. The van der Waals surface area contributed by atoms with Gasteiger partial charge in [-0.1, -0.05) is 68.5 Å². The van der Waals surface area contributed by atoms with E-state index >= 15 is 0 Å². The molecule has 5 aromatic heterocycles. The van der Waals surface area contributed by atoms with Crippen molar-refractivity contribution in [1.82, 2.24) is 55.2 Å². The van der Waals surface area contributed by atoms with E-state index in [0.717, 1.165) is 67.5 Å². The Morgan fingerprint density at radius 2 is 1.61 bits per heavy atom. The maximum absolute atomic E-state index is 14.5. The largest absolute Gasteiger partial charge is 0.391 e. The summed E-state index contributed by atoms with van der Waals surface area (Å²) in [7, 11) is -2.50. The van der Waals surface area contributed by atoms with Crippen LogP contribution in [-0.2, 0) is 26.2 Å². The number of hydrogen-bond donors (Lipinski definition) is 6. The number of aliphatic hydroxyl groups excluding tert-OH is 2. The summed E-state index contributed by atoms with van der Waals surface area (Å²) < 4.78 is 33.2. The van der Waals surface area contributed by atoms with Crippen molar-refractivity contribution in [2.45, 2.75) is 150 Å². The highest BCUT2D eigenvalue weighted by atomic mass is 32.2. The summed E-state index contributed by atoms with van der Waals surface area (Å²) >= 11 is 3.07. The number of anilines is 4. The van der Waals surface area contributed by atoms with Gasteiger partial charge in [-0.05, 0) is 161 Å². The third-order valence-corrected chi connectivity index (χ3v) is 21.1. The number of rotatable bonds is 21. The second-order valence-electron chi connectivity index (χ2n) is 25.4. The molecule has 5 fully saturated rings. The zero-order chi connectivity index (χ0) is 60.1. The molecule has 1 aliphatic heterocycles. The van der Waals surface area contributed by atoms with E-state index < -0.39 is 69.4 Å². The molecule has 1 unspecified atom stereocenters. The number of carbonyl (C=O) groups excluding carboxylic acids is 3. The minimum Gasteiger partial charge on any atom is -0.391 e. The SMILES string of the molecule is Cc1cc(N(C)c2ccc(-c3cnn(CC45CC6CC(CC(C6)C4)C5)c3C)c(C(=O)NS(=O)(=O)CCCCC(O)N[C@H](C(=O)N3C[C@H](O)C[C@H]3C(=O)N[C@@H](C)c3ccc(-c4scnc4C)cc3)C(C)(C)C)n2)nnc1Nc1nc2ccccc2s1. The van der Waals surface area contributed by atoms with E-state index in [1.54, 1.807) is 41.6 Å². The Hall–Kier alpha value is -6.76. The molecule has 2 aromatic carbocycles. The molecule has 5 atom stereocenters. The van der Waals surface area contributed by atoms with Gasteiger partial charge in [0.15, 0.2) is 16.8 Å². The molecule has 4 saturated carbocycles. The standard InChI is InChI=1S/C62H77N13O7S3/c1-35-23-51(70-71-56(35)69-60-66-47-13-9-10-14-49(47)84-60)73(8)50-21-20-45(46-31-64-75(38(46)4)33-62-28-39-24-40(29-62)26-41(25-39)30-62)53(67-50)58(79)72-85(81,82)22-12-11-15-52(77)68-55(61(5,6)7)59(80)74-32-44(76)27-48(74)57(78)65-36(2)42-16-18-43(19-17-42)54-37(3)63-34-83-54/h9-10,13-14,16-21,23,31,34,36,39-41,44,48,52,55,68,76-77H,11-12,15,22,24-30,32-33H2,1-8H3,(H,65,78)(H,72,79)(H,66,69,71)/t36-,39?,40?,41?,44+,48-,52?,55+,62?/m0/s1. The summed E-state index contributed by atoms with van der Waals surface area (Å²) in [6.45, 7) is 14.0. The molecule has 4 bridgehead atoms. The number of likely N-dealkylation sites (tertiary alicyclic amines) is 1. The maximum atomic E-state index is 14.5. The molecular weight excluding hydrogens is 1130 g/mol. The third-order valence-electron chi connectivity index (χ3n) is 17.8. The molecule has 0 radical (unpaired) electrons. The molecule has 85 heavy (non-hydrogen) atoms. The molecular formula is C62H77N13O7S3. The van der Waals surface area contributed by atoms with Crippen molar-refractivity contribution in [1.29, 1.82) is 0 Å². The number of hydrogen-bond acceptors (Lipinski definition) is 18. The summed E-state index contributed by atoms with van der Waals surface area (Å²) in [5, 5.41) is 46.2. The van der Waals surface area contributed by atoms with Gasteiger partial charge in [0, 0.05) is 43.4 Å². The van der Waals surface area contributed by atoms with Gasteiger partial charge in [0.2, 0.25) is 21.8 Å². The molecule has 450 valence electrons. The molecule has 12 rings (SSSR count). The number of aryl methyl sites for hydroxylation is 2. The summed E-state index contributed by atoms with van der Waals surface area (Å²) in [5.74, 6) is 1.40. The van der Waals surface area contributed by atoms with Crippen molar-refractivity contribution in [3.05, 3.63) is 107 Å². The summed E-state index contributed by atoms with van der Waals surface area (Å²) in [4.78, 5) is 60.9. The number of nitrogens with zero attached hydrogens (tertiary/aromatic N) is 9. The molecule has 20 nitrogen and oxygen atoms in total. The average molecular weight is 1210 g/mol. The smallest absolute Gasteiger partial charge is 0.284 e. The first-order valence-corrected chi connectivity index (χ1v) is 32.9. The van der Waals surface area contributed by atoms with Crippen molar-refractivity contribution < 1.29 is 33.0 Å². The minimum absolute atomic E-state index is 0.0546. The van der Waals surface area contributed by atoms with Gasteiger partial charge in [0.25, 0.3) is 5.91 Å². The van der Waals surface area contributed by atoms with Crippen LogP contribution in [0.25, 0.3) is 31.8 Å². The van der Waals surface area contributed by atoms with Gasteiger partial charge in [-0.25, -0.2) is 28.1 Å². The lowest BCUT2D eigenvalue weighted by Gasteiger charge is -2.56. The number of sulfonamides is 1. The molecule has 6 N–H and O–H groups in total. The molecule has 3 amide bonds. The topological polar surface area (TPSA) is 263 Å². The van der Waals surface area contributed by atoms with Crippen LogP contribution in [-0.4, -0.2) is 120 Å². The minimum atomic E-state index is -4.26. The van der Waals surface area contributed by atoms with Crippen LogP contribution in [0.3, 0.4) is 0 Å². The van der Waals surface area contributed by atoms with E-state index in [2.05, 4.69) is 45.5 Å². The van der Waals surface area contributed by atoms with E-state index in [-0.39, 0.29) is 43.3 Å². The predicted molar refractivity (Wildman–Crippen MR) is 331 cm³/mol. The fourth-order valence-corrected chi connectivity index (χ4v) is 16.5. The van der Waals surface area contributed by atoms with Crippen LogP contribution in [0.4, 0.5) is 22.6 Å². The van der Waals surface area contributed by atoms with Crippen LogP contribution in [0.2, 0.25) is 0 Å². The van der Waals surface area contributed by atoms with Gasteiger partial charge in [-0.2, -0.15) is 5.10 Å². The molecule has 0 spiro atoms. The van der Waals surface area contributed by atoms with Crippen LogP contribution in [0.15, 0.2) is 78.4 Å². The Kier molecular flexibility index (Phi) is 17.1. The number of aromatic nitrogens is 7. The highest BCUT2D eigenvalue weighted by molar-refractivity contribution is 7.90. The van der Waals surface area contributed by atoms with E-state index in [0.29, 0.717) is 33.7 Å². The number of unbranched alkanes of at least 4 members (excludes halogenated alkanes) is 1. The first kappa shape index (κ1) is 59.9. The Morgan fingerprint density at radius 3 is 2.28 bits per heavy atom. The fourth-order valence-electron chi connectivity index (χ4n) is 13.8. The van der Waals surface area contributed by atoms with Crippen LogP contribution in [0, 0.1) is 49.4 Å². The van der Waals surface area contributed by atoms with Crippen molar-refractivity contribution in [3.63, 3.8) is 0 Å². The summed E-state index contributed by atoms with van der Waals surface area (Å²) in [6, 6.07) is 18.8. The van der Waals surface area contributed by atoms with Crippen LogP contribution in [0.1, 0.15) is 131 Å². The number of pyridine rings is 1. The number of benzene rings is 2. The lowest BCUT2D eigenvalue weighted by molar-refractivity contribution is -0.143. The predicted octanol–water partition coefficient (Wildman–Crippen LogP) is 9.51. The molecule has 5 aliphatic rings. The van der Waals surface area contributed by atoms with Crippen LogP contribution in [0.5, 0.6) is 0 Å². The zero-order valence-corrected chi connectivity index (χ0v) is 52.0. The number of fused-ring (bicyclic) bond motifs is 1. The molecule has 1 saturated heterocycles. The third kappa shape index (κ3) is 13.2. The maximum Gasteiger partial charge on any atom is 0.284 e. The van der Waals surface area contributed by atoms with E-state index in [1.165, 1.54) is 54.8 Å². The molecule has 6 heterocycles. The van der Waals surface area contributed by atoms with E-state index in [4.69, 9.17) is 10.1 Å². The number of nitrogens with one attached hydrogen (secondary N) is 4. The molecule has 4 aliphatic carbocycles. The van der Waals surface area contributed by atoms with Crippen molar-refractivity contribution in [2.75, 3.05) is 29.6 Å². The van der Waals surface area contributed by atoms with Gasteiger partial charge < -0.3 is 30.6 Å². The summed E-state index contributed by atoms with van der Waals surface area (Å²) in [6.07, 6.45) is 7.60. The Labute approximate surface area is 504 Å². The van der Waals surface area contributed by atoms with Crippen molar-refractivity contribution >= 4 is 83.2 Å². The van der Waals surface area contributed by atoms with Crippen LogP contribution >= 0.6 is 22.7 Å². The van der Waals surface area contributed by atoms with Gasteiger partial charge in [0.05, 0.1) is 56.4 Å². The van der Waals surface area contributed by atoms with Crippen LogP contribution < -0.4 is 25.6 Å². The molecule has 23 heteroatoms. The van der Waals surface area contributed by atoms with Crippen molar-refractivity contribution in [3.8, 4) is 21.6 Å². The second-order valence-corrected chi connectivity index (χ2v) is 29.2. The first-order valence-electron chi connectivity index (χ1n) is 29.5. The lowest BCUT2D eigenvalue weighted by atomic mass is 9.49. The normalized spacial score (nSPS) is 22.1. The van der Waals surface area contributed by atoms with E-state index in [9.17, 15) is 33.0 Å². The van der Waals surface area contributed by atoms with Gasteiger partial charge in [-0.3, -0.25) is 24.4 Å². The Balaban J connectivity index is 0.745. The van der Waals surface area contributed by atoms with Gasteiger partial charge in [0.1, 0.15) is 23.8 Å². The van der Waals surface area contributed by atoms with E-state index in [1.807, 2.05) is 109 Å². The number of carbonyl (C=O) groups is 3. The average Bonchev–Trinajstić information content (AvgIpc) is 4.37. The number of β-amino-alcohol motifs (C(OH)–C–C–N with tert-alkyl or cyclic N) is 1. The number of aliphatic hydroxyl groups is 2. The van der Waals surface area contributed by atoms with Gasteiger partial charge >= 0.3 is 0 Å². The number of amides is 3. The van der Waals surface area contributed by atoms with Crippen molar-refractivity contribution in [2.24, 2.45) is 28.6 Å².